The molecule has 16 aromatic rings. The Hall–Kier alpha value is -13.4. The molecule has 8 heterocycles. The predicted molar refractivity (Wildman–Crippen MR) is 464 cm³/mol. The molecule has 0 saturated carbocycles. The quantitative estimate of drug-likeness (QED) is 0.0700. The van der Waals surface area contributed by atoms with Gasteiger partial charge in [0, 0.05) is 160 Å². The van der Waals surface area contributed by atoms with Crippen molar-refractivity contribution >= 4 is 45.5 Å². The number of anilines is 8. The molecule has 0 spiro atoms. The Morgan fingerprint density at radius 1 is 0.304 bits per heavy atom. The van der Waals surface area contributed by atoms with Crippen LogP contribution in [0.15, 0.2) is 244 Å². The topological polar surface area (TPSA) is 188 Å². The fourth-order valence-electron chi connectivity index (χ4n) is 15.3. The van der Waals surface area contributed by atoms with E-state index in [-0.39, 0.29) is 0 Å². The molecule has 0 fully saturated rings. The number of rotatable bonds is 20. The van der Waals surface area contributed by atoms with Crippen molar-refractivity contribution in [3.8, 4) is 67.3 Å². The molecule has 0 amide bonds. The Morgan fingerprint density at radius 3 is 0.939 bits per heavy atom. The van der Waals surface area contributed by atoms with Gasteiger partial charge in [0.2, 0.25) is 0 Å². The van der Waals surface area contributed by atoms with Crippen LogP contribution in [0.2, 0.25) is 0 Å². The second kappa shape index (κ2) is 35.1. The van der Waals surface area contributed by atoms with Crippen molar-refractivity contribution in [3.63, 3.8) is 0 Å². The van der Waals surface area contributed by atoms with E-state index in [0.717, 1.165) is 168 Å². The van der Waals surface area contributed by atoms with E-state index in [0.29, 0.717) is 0 Å². The first-order chi connectivity index (χ1) is 55.5. The Labute approximate surface area is 674 Å². The lowest BCUT2D eigenvalue weighted by Crippen LogP contribution is -2.17. The van der Waals surface area contributed by atoms with Crippen molar-refractivity contribution < 1.29 is 18.1 Å². The molecule has 0 aliphatic carbocycles. The van der Waals surface area contributed by atoms with Crippen LogP contribution in [0.4, 0.5) is 45.5 Å². The number of imidazole rings is 4. The van der Waals surface area contributed by atoms with Crippen LogP contribution in [-0.4, -0.2) is 85.0 Å². The number of hydrogen-bond acceptors (Lipinski definition) is 16. The zero-order chi connectivity index (χ0) is 81.3. The average molecular weight is 1530 g/mol. The van der Waals surface area contributed by atoms with Crippen molar-refractivity contribution in [2.45, 2.75) is 132 Å². The van der Waals surface area contributed by atoms with Crippen LogP contribution >= 0.6 is 0 Å². The molecule has 0 N–H and O–H groups in total. The molecule has 0 aliphatic heterocycles. The van der Waals surface area contributed by atoms with Crippen molar-refractivity contribution in [3.05, 3.63) is 311 Å². The number of aryl methyl sites for hydroxylation is 15. The fourth-order valence-corrected chi connectivity index (χ4v) is 15.3. The summed E-state index contributed by atoms with van der Waals surface area (Å²) < 4.78 is 29.7. The second-order valence-electron chi connectivity index (χ2n) is 29.0. The molecule has 20 heteroatoms. The number of hydrogen-bond donors (Lipinski definition) is 0. The highest BCUT2D eigenvalue weighted by Gasteiger charge is 2.23. The molecular weight excluding hydrogens is 1430 g/mol. The lowest BCUT2D eigenvalue weighted by atomic mass is 10.0. The zero-order valence-electron chi connectivity index (χ0n) is 69.5. The van der Waals surface area contributed by atoms with Crippen LogP contribution in [0.1, 0.15) is 113 Å². The summed E-state index contributed by atoms with van der Waals surface area (Å²) in [6, 6.07) is 58.5. The van der Waals surface area contributed by atoms with Crippen molar-refractivity contribution in [1.82, 2.24) is 58.8 Å². The van der Waals surface area contributed by atoms with Gasteiger partial charge in [0.15, 0.2) is 0 Å². The highest BCUT2D eigenvalue weighted by molar-refractivity contribution is 5.81. The minimum atomic E-state index is 0.847. The largest absolute Gasteiger partial charge is 0.361 e. The van der Waals surface area contributed by atoms with Gasteiger partial charge in [-0.2, -0.15) is 0 Å². The summed E-state index contributed by atoms with van der Waals surface area (Å²) in [5.41, 5.74) is 33.5. The third-order valence-electron chi connectivity index (χ3n) is 21.2. The van der Waals surface area contributed by atoms with Crippen molar-refractivity contribution in [2.24, 2.45) is 0 Å². The van der Waals surface area contributed by atoms with Gasteiger partial charge in [-0.05, 0) is 297 Å². The van der Waals surface area contributed by atoms with Gasteiger partial charge in [0.1, 0.15) is 28.9 Å². The van der Waals surface area contributed by atoms with Gasteiger partial charge in [0.25, 0.3) is 0 Å². The Morgan fingerprint density at radius 2 is 0.643 bits per heavy atom. The Balaban J connectivity index is 0.000000134. The van der Waals surface area contributed by atoms with E-state index in [4.69, 9.17) is 18.1 Å². The van der Waals surface area contributed by atoms with Crippen molar-refractivity contribution in [1.29, 1.82) is 0 Å². The van der Waals surface area contributed by atoms with Crippen molar-refractivity contribution in [2.75, 3.05) is 45.8 Å². The molecule has 586 valence electrons. The fraction of sp³-hybridized carbons (Fsp3) is 0.242. The average Bonchev–Trinajstić information content (AvgIpc) is 1.74. The smallest absolute Gasteiger partial charge is 0.141 e. The van der Waals surface area contributed by atoms with E-state index in [1.54, 1.807) is 12.4 Å². The Kier molecular flexibility index (Phi) is 24.4. The monoisotopic (exact) mass is 1530 g/mol. The van der Waals surface area contributed by atoms with Crippen LogP contribution in [0.3, 0.4) is 0 Å². The molecule has 0 atom stereocenters. The highest BCUT2D eigenvalue weighted by atomic mass is 16.5. The molecule has 16 rings (SSSR count). The predicted octanol–water partition coefficient (Wildman–Crippen LogP) is 23.4. The van der Waals surface area contributed by atoms with Gasteiger partial charge in [-0.25, -0.2) is 19.9 Å². The molecule has 115 heavy (non-hydrogen) atoms. The minimum Gasteiger partial charge on any atom is -0.361 e. The lowest BCUT2D eigenvalue weighted by Gasteiger charge is -2.27. The third-order valence-corrected chi connectivity index (χ3v) is 21.2. The standard InChI is InChI=1S/3C24H26N4O.C23H24N4O/c1-6-28(22-11-9-21(10-12-22)27-14-17(3)25-15-27)23-13-20(8-7-16(23)2)24-18(4)26-29-19(24)5;1-6-27(21-9-11-22(12-10-21)28-14-13-25-19(28)5)23-15-20(8-7-16(23)2)24-17(3)26-29-18(24)4;1-6-28(21-9-10-22(17(3)13-21)27-12-11-25-15-27)23-14-20(8-7-16(23)2)24-18(4)26-29-19(24)5;1-5-27(21-10-8-20(9-11-21)26-13-12-24-15-26)22-14-19(7-6-16(22)2)23-17(3)25-28-18(23)4/h3*7-15H,6H2,1-5H3;6-15H,5H2,1-4H3. The maximum atomic E-state index is 5.38. The molecule has 0 unspecified atom stereocenters. The molecular formula is C95H102N16O4. The first kappa shape index (κ1) is 79.7. The van der Waals surface area contributed by atoms with Crippen LogP contribution in [0.5, 0.6) is 0 Å². The molecule has 0 bridgehead atoms. The van der Waals surface area contributed by atoms with Crippen LogP contribution in [0, 0.1) is 104 Å². The first-order valence-electron chi connectivity index (χ1n) is 39.2. The van der Waals surface area contributed by atoms with Gasteiger partial charge in [-0.3, -0.25) is 0 Å². The molecule has 8 aromatic heterocycles. The zero-order valence-corrected chi connectivity index (χ0v) is 69.5. The Bertz CT molecular complexity index is 5870. The number of benzene rings is 8. The molecule has 20 nitrogen and oxygen atoms in total. The third kappa shape index (κ3) is 17.2. The normalized spacial score (nSPS) is 11.1. The van der Waals surface area contributed by atoms with E-state index >= 15 is 0 Å². The molecule has 8 aromatic carbocycles. The second-order valence-corrected chi connectivity index (χ2v) is 29.0. The molecule has 0 radical (unpaired) electrons. The summed E-state index contributed by atoms with van der Waals surface area (Å²) in [6.45, 7) is 42.7. The van der Waals surface area contributed by atoms with Crippen LogP contribution in [0.25, 0.3) is 67.3 Å². The summed E-state index contributed by atoms with van der Waals surface area (Å²) >= 11 is 0. The van der Waals surface area contributed by atoms with E-state index < -0.39 is 0 Å². The summed E-state index contributed by atoms with van der Waals surface area (Å²) in [7, 11) is 0. The minimum absolute atomic E-state index is 0.847. The van der Waals surface area contributed by atoms with Gasteiger partial charge in [-0.15, -0.1) is 0 Å². The SMILES string of the molecule is CCN(c1ccc(-n2ccnc2)c(C)c1)c1cc(-c2c(C)noc2C)ccc1C.CCN(c1ccc(-n2ccnc2)cc1)c1cc(-c2c(C)noc2C)ccc1C.CCN(c1ccc(-n2ccnc2C)cc1)c1cc(-c2c(C)noc2C)ccc1C.CCN(c1ccc(-n2cnc(C)c2)cc1)c1cc(-c2c(C)noc2C)ccc1C. The van der Waals surface area contributed by atoms with E-state index in [1.165, 1.54) is 56.3 Å². The molecule has 0 saturated heterocycles. The lowest BCUT2D eigenvalue weighted by molar-refractivity contribution is 0.393. The van der Waals surface area contributed by atoms with E-state index in [2.05, 4.69) is 291 Å². The summed E-state index contributed by atoms with van der Waals surface area (Å²) in [4.78, 5) is 26.3. The van der Waals surface area contributed by atoms with Gasteiger partial charge < -0.3 is 56.0 Å². The maximum absolute atomic E-state index is 5.38. The summed E-state index contributed by atoms with van der Waals surface area (Å²) in [6.07, 6.45) is 18.8. The summed E-state index contributed by atoms with van der Waals surface area (Å²) in [5.74, 6) is 4.37. The van der Waals surface area contributed by atoms with Gasteiger partial charge >= 0.3 is 0 Å². The van der Waals surface area contributed by atoms with Gasteiger partial charge in [-0.1, -0.05) is 69.2 Å². The van der Waals surface area contributed by atoms with E-state index in [9.17, 15) is 0 Å². The van der Waals surface area contributed by atoms with E-state index in [1.807, 2.05) is 133 Å². The summed E-state index contributed by atoms with van der Waals surface area (Å²) in [5, 5.41) is 16.4. The van der Waals surface area contributed by atoms with Crippen LogP contribution in [-0.2, 0) is 0 Å². The van der Waals surface area contributed by atoms with Crippen LogP contribution < -0.4 is 19.6 Å². The molecule has 0 aliphatic rings. The highest BCUT2D eigenvalue weighted by Crippen LogP contribution is 2.41. The first-order valence-corrected chi connectivity index (χ1v) is 39.2. The van der Waals surface area contributed by atoms with Gasteiger partial charge in [0.05, 0.1) is 47.5 Å². The maximum Gasteiger partial charge on any atom is 0.141 e. The number of aromatic nitrogens is 12. The number of nitrogens with zero attached hydrogens (tertiary/aromatic N) is 16.